The first-order valence-electron chi connectivity index (χ1n) is 5.73. The molecular formula is C12H14N4O. The van der Waals surface area contributed by atoms with Crippen LogP contribution in [-0.2, 0) is 6.54 Å². The van der Waals surface area contributed by atoms with Gasteiger partial charge < -0.3 is 4.74 Å². The molecule has 0 saturated heterocycles. The van der Waals surface area contributed by atoms with Gasteiger partial charge in [0.15, 0.2) is 0 Å². The van der Waals surface area contributed by atoms with E-state index in [1.54, 1.807) is 19.5 Å². The number of hydrogen-bond acceptors (Lipinski definition) is 4. The third kappa shape index (κ3) is 2.13. The lowest BCUT2D eigenvalue weighted by molar-refractivity contribution is 0.406. The van der Waals surface area contributed by atoms with Crippen LogP contribution in [0.3, 0.4) is 0 Å². The summed E-state index contributed by atoms with van der Waals surface area (Å²) in [5.41, 5.74) is 2.12. The second-order valence-electron chi connectivity index (χ2n) is 4.30. The molecule has 2 aromatic rings. The lowest BCUT2D eigenvalue weighted by Gasteiger charge is -2.06. The maximum absolute atomic E-state index is 5.28. The van der Waals surface area contributed by atoms with Crippen molar-refractivity contribution in [1.82, 2.24) is 20.0 Å². The Morgan fingerprint density at radius 3 is 3.12 bits per heavy atom. The normalized spacial score (nSPS) is 14.9. The van der Waals surface area contributed by atoms with Crippen molar-refractivity contribution in [2.75, 3.05) is 7.11 Å². The molecule has 1 fully saturated rings. The molecule has 1 aliphatic carbocycles. The number of ether oxygens (including phenoxy) is 1. The summed E-state index contributed by atoms with van der Waals surface area (Å²) in [6, 6.07) is 1.86. The fourth-order valence-corrected chi connectivity index (χ4v) is 1.86. The zero-order valence-corrected chi connectivity index (χ0v) is 9.71. The summed E-state index contributed by atoms with van der Waals surface area (Å²) in [6.45, 7) is 0.650. The Bertz CT molecular complexity index is 519. The summed E-state index contributed by atoms with van der Waals surface area (Å²) in [5.74, 6) is 1.48. The predicted molar refractivity (Wildman–Crippen MR) is 61.9 cm³/mol. The van der Waals surface area contributed by atoms with E-state index in [2.05, 4.69) is 15.3 Å². The van der Waals surface area contributed by atoms with Gasteiger partial charge in [-0.3, -0.25) is 4.98 Å². The van der Waals surface area contributed by atoms with Crippen LogP contribution in [0, 0.1) is 0 Å². The first-order valence-corrected chi connectivity index (χ1v) is 5.73. The third-order valence-corrected chi connectivity index (χ3v) is 2.96. The smallest absolute Gasteiger partial charge is 0.127 e. The van der Waals surface area contributed by atoms with Crippen molar-refractivity contribution in [3.63, 3.8) is 0 Å². The Hall–Kier alpha value is -1.91. The van der Waals surface area contributed by atoms with Crippen molar-refractivity contribution in [3.8, 4) is 5.75 Å². The van der Waals surface area contributed by atoms with Crippen molar-refractivity contribution >= 4 is 0 Å². The molecule has 0 N–H and O–H groups in total. The number of hydrogen-bond donors (Lipinski definition) is 0. The number of pyridine rings is 1. The highest BCUT2D eigenvalue weighted by Crippen LogP contribution is 2.38. The van der Waals surface area contributed by atoms with E-state index in [0.29, 0.717) is 12.5 Å². The van der Waals surface area contributed by atoms with Gasteiger partial charge in [0, 0.05) is 30.1 Å². The number of methoxy groups -OCH3 is 1. The highest BCUT2D eigenvalue weighted by atomic mass is 16.5. The Labute approximate surface area is 99.4 Å². The highest BCUT2D eigenvalue weighted by molar-refractivity contribution is 5.30. The molecule has 5 heteroatoms. The molecule has 88 valence electrons. The van der Waals surface area contributed by atoms with Gasteiger partial charge in [-0.2, -0.15) is 0 Å². The molecular weight excluding hydrogens is 216 g/mol. The van der Waals surface area contributed by atoms with Gasteiger partial charge in [0.25, 0.3) is 0 Å². The van der Waals surface area contributed by atoms with Crippen molar-refractivity contribution in [2.24, 2.45) is 0 Å². The molecule has 2 aromatic heterocycles. The van der Waals surface area contributed by atoms with Crippen molar-refractivity contribution in [1.29, 1.82) is 0 Å². The van der Waals surface area contributed by atoms with Crippen molar-refractivity contribution in [3.05, 3.63) is 35.9 Å². The number of aromatic nitrogens is 4. The van der Waals surface area contributed by atoms with Gasteiger partial charge in [-0.25, -0.2) is 4.68 Å². The second kappa shape index (κ2) is 4.16. The molecule has 0 aromatic carbocycles. The van der Waals surface area contributed by atoms with E-state index < -0.39 is 0 Å². The standard InChI is InChI=1S/C12H14N4O/c1-17-12-4-5-13-6-10(12)7-16-8-11(14-15-16)9-2-3-9/h4-6,8-9H,2-3,7H2,1H3. The Morgan fingerprint density at radius 2 is 2.35 bits per heavy atom. The highest BCUT2D eigenvalue weighted by Gasteiger charge is 2.26. The quantitative estimate of drug-likeness (QED) is 0.800. The summed E-state index contributed by atoms with van der Waals surface area (Å²) in [4.78, 5) is 4.10. The van der Waals surface area contributed by atoms with E-state index in [9.17, 15) is 0 Å². The third-order valence-electron chi connectivity index (χ3n) is 2.96. The largest absolute Gasteiger partial charge is 0.496 e. The van der Waals surface area contributed by atoms with E-state index >= 15 is 0 Å². The topological polar surface area (TPSA) is 52.8 Å². The lowest BCUT2D eigenvalue weighted by atomic mass is 10.2. The number of nitrogens with zero attached hydrogens (tertiary/aromatic N) is 4. The average Bonchev–Trinajstić information content (AvgIpc) is 3.11. The molecule has 0 aliphatic heterocycles. The molecule has 3 rings (SSSR count). The molecule has 0 bridgehead atoms. The second-order valence-corrected chi connectivity index (χ2v) is 4.30. The Morgan fingerprint density at radius 1 is 1.47 bits per heavy atom. The summed E-state index contributed by atoms with van der Waals surface area (Å²) in [7, 11) is 1.66. The van der Waals surface area contributed by atoms with Crippen LogP contribution in [0.15, 0.2) is 24.7 Å². The predicted octanol–water partition coefficient (Wildman–Crippen LogP) is 1.61. The minimum absolute atomic E-state index is 0.638. The summed E-state index contributed by atoms with van der Waals surface area (Å²) < 4.78 is 7.12. The maximum atomic E-state index is 5.28. The average molecular weight is 230 g/mol. The van der Waals surface area contributed by atoms with E-state index in [0.717, 1.165) is 17.0 Å². The zero-order valence-electron chi connectivity index (χ0n) is 9.71. The van der Waals surface area contributed by atoms with Crippen LogP contribution in [0.4, 0.5) is 0 Å². The lowest BCUT2D eigenvalue weighted by Crippen LogP contribution is -2.03. The van der Waals surface area contributed by atoms with Crippen LogP contribution in [0.1, 0.15) is 30.0 Å². The van der Waals surface area contributed by atoms with Gasteiger partial charge in [0.05, 0.1) is 19.3 Å². The SMILES string of the molecule is COc1ccncc1Cn1cc(C2CC2)nn1. The van der Waals surface area contributed by atoms with E-state index in [1.165, 1.54) is 12.8 Å². The monoisotopic (exact) mass is 230 g/mol. The van der Waals surface area contributed by atoms with Gasteiger partial charge in [0.1, 0.15) is 5.75 Å². The van der Waals surface area contributed by atoms with Gasteiger partial charge in [-0.05, 0) is 18.9 Å². The molecule has 1 saturated carbocycles. The molecule has 0 spiro atoms. The van der Waals surface area contributed by atoms with E-state index in [-0.39, 0.29) is 0 Å². The molecule has 0 unspecified atom stereocenters. The van der Waals surface area contributed by atoms with Gasteiger partial charge in [-0.15, -0.1) is 5.10 Å². The fourth-order valence-electron chi connectivity index (χ4n) is 1.86. The molecule has 5 nitrogen and oxygen atoms in total. The van der Waals surface area contributed by atoms with Crippen LogP contribution >= 0.6 is 0 Å². The van der Waals surface area contributed by atoms with Gasteiger partial charge >= 0.3 is 0 Å². The summed E-state index contributed by atoms with van der Waals surface area (Å²) in [5, 5.41) is 8.31. The zero-order chi connectivity index (χ0) is 11.7. The van der Waals surface area contributed by atoms with Crippen LogP contribution in [-0.4, -0.2) is 27.1 Å². The van der Waals surface area contributed by atoms with Crippen LogP contribution in [0.5, 0.6) is 5.75 Å². The molecule has 17 heavy (non-hydrogen) atoms. The molecule has 0 radical (unpaired) electrons. The first kappa shape index (κ1) is 10.3. The van der Waals surface area contributed by atoms with Crippen molar-refractivity contribution < 1.29 is 4.74 Å². The molecule has 2 heterocycles. The fraction of sp³-hybridized carbons (Fsp3) is 0.417. The van der Waals surface area contributed by atoms with Gasteiger partial charge in [0.2, 0.25) is 0 Å². The van der Waals surface area contributed by atoms with E-state index in [1.807, 2.05) is 16.9 Å². The number of rotatable bonds is 4. The first-order chi connectivity index (χ1) is 8.36. The molecule has 1 aliphatic rings. The minimum Gasteiger partial charge on any atom is -0.496 e. The maximum Gasteiger partial charge on any atom is 0.127 e. The molecule has 0 atom stereocenters. The Balaban J connectivity index is 1.80. The van der Waals surface area contributed by atoms with Crippen LogP contribution < -0.4 is 4.74 Å². The molecule has 0 amide bonds. The minimum atomic E-state index is 0.638. The van der Waals surface area contributed by atoms with Gasteiger partial charge in [-0.1, -0.05) is 5.21 Å². The summed E-state index contributed by atoms with van der Waals surface area (Å²) in [6.07, 6.45) is 8.03. The summed E-state index contributed by atoms with van der Waals surface area (Å²) >= 11 is 0. The Kier molecular flexibility index (Phi) is 2.51. The van der Waals surface area contributed by atoms with Crippen LogP contribution in [0.2, 0.25) is 0 Å². The van der Waals surface area contributed by atoms with Crippen molar-refractivity contribution in [2.45, 2.75) is 25.3 Å². The van der Waals surface area contributed by atoms with E-state index in [4.69, 9.17) is 4.74 Å². The van der Waals surface area contributed by atoms with Crippen LogP contribution in [0.25, 0.3) is 0 Å².